The van der Waals surface area contributed by atoms with E-state index in [4.69, 9.17) is 9.47 Å². The number of nitro benzene ring substituents is 1. The molecule has 6 nitrogen and oxygen atoms in total. The number of ether oxygens (including phenoxy) is 2. The molecule has 0 aliphatic heterocycles. The summed E-state index contributed by atoms with van der Waals surface area (Å²) >= 11 is 0. The van der Waals surface area contributed by atoms with Crippen LogP contribution in [0.1, 0.15) is 11.7 Å². The summed E-state index contributed by atoms with van der Waals surface area (Å²) in [4.78, 5) is 10.1. The summed E-state index contributed by atoms with van der Waals surface area (Å²) in [5.74, 6) is -1.64. The number of hydrogen-bond acceptors (Lipinski definition) is 5. The second-order valence-electron chi connectivity index (χ2n) is 4.55. The van der Waals surface area contributed by atoms with Crippen molar-refractivity contribution in [2.24, 2.45) is 0 Å². The molecule has 1 N–H and O–H groups in total. The van der Waals surface area contributed by atoms with E-state index in [2.05, 4.69) is 0 Å². The summed E-state index contributed by atoms with van der Waals surface area (Å²) in [5, 5.41) is 20.7. The lowest BCUT2D eigenvalue weighted by Gasteiger charge is -2.15. The Labute approximate surface area is 130 Å². The quantitative estimate of drug-likeness (QED) is 0.652. The normalized spacial score (nSPS) is 11.8. The molecule has 1 unspecified atom stereocenters. The first-order valence-corrected chi connectivity index (χ1v) is 6.51. The number of aliphatic hydroxyl groups is 1. The van der Waals surface area contributed by atoms with Crippen LogP contribution in [0.15, 0.2) is 36.4 Å². The first-order valence-electron chi connectivity index (χ1n) is 6.51. The van der Waals surface area contributed by atoms with E-state index in [-0.39, 0.29) is 17.2 Å². The fourth-order valence-corrected chi connectivity index (χ4v) is 1.97. The number of benzene rings is 2. The molecule has 0 saturated carbocycles. The molecule has 2 rings (SSSR count). The van der Waals surface area contributed by atoms with E-state index in [0.717, 1.165) is 18.2 Å². The Morgan fingerprint density at radius 3 is 2.43 bits per heavy atom. The minimum absolute atomic E-state index is 0.0162. The lowest BCUT2D eigenvalue weighted by atomic mass is 10.1. The van der Waals surface area contributed by atoms with E-state index in [1.807, 2.05) is 0 Å². The van der Waals surface area contributed by atoms with Crippen molar-refractivity contribution in [1.82, 2.24) is 0 Å². The van der Waals surface area contributed by atoms with E-state index >= 15 is 0 Å². The Morgan fingerprint density at radius 2 is 1.87 bits per heavy atom. The van der Waals surface area contributed by atoms with Crippen LogP contribution in [0.2, 0.25) is 0 Å². The second-order valence-corrected chi connectivity index (χ2v) is 4.55. The zero-order chi connectivity index (χ0) is 17.0. The number of nitro groups is 1. The fourth-order valence-electron chi connectivity index (χ4n) is 1.97. The van der Waals surface area contributed by atoms with Crippen LogP contribution in [0, 0.1) is 21.7 Å². The van der Waals surface area contributed by atoms with Crippen LogP contribution >= 0.6 is 0 Å². The molecule has 8 heteroatoms. The third-order valence-corrected chi connectivity index (χ3v) is 3.09. The maximum Gasteiger partial charge on any atom is 0.273 e. The molecule has 2 aromatic carbocycles. The Hall–Kier alpha value is -2.74. The Morgan fingerprint density at radius 1 is 1.22 bits per heavy atom. The number of nitrogens with zero attached hydrogens (tertiary/aromatic N) is 1. The molecule has 0 bridgehead atoms. The average molecular weight is 325 g/mol. The molecule has 0 radical (unpaired) electrons. The van der Waals surface area contributed by atoms with Gasteiger partial charge in [0.2, 0.25) is 0 Å². The third-order valence-electron chi connectivity index (χ3n) is 3.09. The number of methoxy groups -OCH3 is 1. The molecule has 0 amide bonds. The van der Waals surface area contributed by atoms with Crippen molar-refractivity contribution in [3.63, 3.8) is 0 Å². The topological polar surface area (TPSA) is 81.8 Å². The molecule has 23 heavy (non-hydrogen) atoms. The molecular formula is C15H13F2NO5. The largest absolute Gasteiger partial charge is 0.493 e. The molecule has 1 atom stereocenters. The van der Waals surface area contributed by atoms with Crippen LogP contribution in [-0.2, 0) is 0 Å². The standard InChI is InChI=1S/C15H13F2NO5/c1-22-13-6-5-9(18(20)21)7-14(13)23-8-12(19)15-10(16)3-2-4-11(15)17/h2-7,12,19H,8H2,1H3. The van der Waals surface area contributed by atoms with Crippen molar-refractivity contribution >= 4 is 5.69 Å². The highest BCUT2D eigenvalue weighted by molar-refractivity contribution is 5.48. The van der Waals surface area contributed by atoms with E-state index in [1.54, 1.807) is 0 Å². The summed E-state index contributed by atoms with van der Waals surface area (Å²) in [6.07, 6.45) is -1.58. The van der Waals surface area contributed by atoms with Crippen LogP contribution in [0.3, 0.4) is 0 Å². The molecule has 0 aliphatic carbocycles. The average Bonchev–Trinajstić information content (AvgIpc) is 2.52. The lowest BCUT2D eigenvalue weighted by Crippen LogP contribution is -2.13. The van der Waals surface area contributed by atoms with Gasteiger partial charge in [-0.2, -0.15) is 0 Å². The van der Waals surface area contributed by atoms with Gasteiger partial charge in [0, 0.05) is 6.07 Å². The minimum Gasteiger partial charge on any atom is -0.493 e. The van der Waals surface area contributed by atoms with E-state index in [0.29, 0.717) is 0 Å². The SMILES string of the molecule is COc1ccc([N+](=O)[O-])cc1OCC(O)c1c(F)cccc1F. The summed E-state index contributed by atoms with van der Waals surface area (Å²) in [6, 6.07) is 6.84. The molecule has 122 valence electrons. The number of halogens is 2. The van der Waals surface area contributed by atoms with Crippen LogP contribution in [0.4, 0.5) is 14.5 Å². The van der Waals surface area contributed by atoms with Crippen molar-refractivity contribution in [3.05, 3.63) is 63.7 Å². The highest BCUT2D eigenvalue weighted by Crippen LogP contribution is 2.32. The lowest BCUT2D eigenvalue weighted by molar-refractivity contribution is -0.385. The molecule has 0 heterocycles. The number of aliphatic hydroxyl groups excluding tert-OH is 1. The van der Waals surface area contributed by atoms with Crippen molar-refractivity contribution < 1.29 is 28.3 Å². The van der Waals surface area contributed by atoms with Crippen LogP contribution < -0.4 is 9.47 Å². The first-order chi connectivity index (χ1) is 10.9. The highest BCUT2D eigenvalue weighted by atomic mass is 19.1. The fraction of sp³-hybridized carbons (Fsp3) is 0.200. The molecule has 0 spiro atoms. The van der Waals surface area contributed by atoms with E-state index < -0.39 is 34.8 Å². The molecule has 0 fully saturated rings. The van der Waals surface area contributed by atoms with Crippen molar-refractivity contribution in [1.29, 1.82) is 0 Å². The van der Waals surface area contributed by atoms with Gasteiger partial charge in [-0.1, -0.05) is 6.07 Å². The Bertz CT molecular complexity index is 703. The Balaban J connectivity index is 2.20. The molecule has 0 saturated heterocycles. The van der Waals surface area contributed by atoms with Gasteiger partial charge >= 0.3 is 0 Å². The Kier molecular flexibility index (Phi) is 5.07. The third kappa shape index (κ3) is 3.72. The first kappa shape index (κ1) is 16.6. The summed E-state index contributed by atoms with van der Waals surface area (Å²) in [7, 11) is 1.33. The van der Waals surface area contributed by atoms with Gasteiger partial charge in [-0.25, -0.2) is 8.78 Å². The maximum absolute atomic E-state index is 13.6. The summed E-state index contributed by atoms with van der Waals surface area (Å²) < 4.78 is 37.4. The van der Waals surface area contributed by atoms with Crippen molar-refractivity contribution in [2.45, 2.75) is 6.10 Å². The molecule has 2 aromatic rings. The summed E-state index contributed by atoms with van der Waals surface area (Å²) in [5.41, 5.74) is -0.774. The van der Waals surface area contributed by atoms with Crippen molar-refractivity contribution in [2.75, 3.05) is 13.7 Å². The van der Waals surface area contributed by atoms with Gasteiger partial charge in [0.1, 0.15) is 24.3 Å². The predicted octanol–water partition coefficient (Wildman–Crippen LogP) is 2.99. The van der Waals surface area contributed by atoms with Gasteiger partial charge < -0.3 is 14.6 Å². The summed E-state index contributed by atoms with van der Waals surface area (Å²) in [6.45, 7) is -0.505. The van der Waals surface area contributed by atoms with E-state index in [1.165, 1.54) is 25.3 Å². The van der Waals surface area contributed by atoms with Gasteiger partial charge in [-0.3, -0.25) is 10.1 Å². The van der Waals surface area contributed by atoms with Crippen LogP contribution in [-0.4, -0.2) is 23.7 Å². The number of rotatable bonds is 6. The molecule has 0 aliphatic rings. The number of hydrogen-bond donors (Lipinski definition) is 1. The van der Waals surface area contributed by atoms with Gasteiger partial charge in [0.25, 0.3) is 5.69 Å². The molecule has 0 aromatic heterocycles. The zero-order valence-electron chi connectivity index (χ0n) is 12.0. The second kappa shape index (κ2) is 7.01. The predicted molar refractivity (Wildman–Crippen MR) is 76.5 cm³/mol. The minimum atomic E-state index is -1.58. The smallest absolute Gasteiger partial charge is 0.273 e. The van der Waals surface area contributed by atoms with Gasteiger partial charge in [0.15, 0.2) is 11.5 Å². The maximum atomic E-state index is 13.6. The van der Waals surface area contributed by atoms with Gasteiger partial charge in [0.05, 0.1) is 23.7 Å². The van der Waals surface area contributed by atoms with Crippen molar-refractivity contribution in [3.8, 4) is 11.5 Å². The monoisotopic (exact) mass is 325 g/mol. The van der Waals surface area contributed by atoms with Crippen LogP contribution in [0.5, 0.6) is 11.5 Å². The highest BCUT2D eigenvalue weighted by Gasteiger charge is 2.20. The number of non-ortho nitro benzene ring substituents is 1. The van der Waals surface area contributed by atoms with Crippen LogP contribution in [0.25, 0.3) is 0 Å². The zero-order valence-corrected chi connectivity index (χ0v) is 12.0. The molecular weight excluding hydrogens is 312 g/mol. The van der Waals surface area contributed by atoms with E-state index in [9.17, 15) is 24.0 Å². The van der Waals surface area contributed by atoms with Gasteiger partial charge in [-0.15, -0.1) is 0 Å². The van der Waals surface area contributed by atoms with Gasteiger partial charge in [-0.05, 0) is 18.2 Å².